The van der Waals surface area contributed by atoms with E-state index in [4.69, 9.17) is 20.9 Å². The highest BCUT2D eigenvalue weighted by atomic mass is 35.5. The van der Waals surface area contributed by atoms with Gasteiger partial charge in [-0.25, -0.2) is 4.98 Å². The maximum absolute atomic E-state index is 13.0. The van der Waals surface area contributed by atoms with Gasteiger partial charge in [-0.05, 0) is 55.2 Å². The van der Waals surface area contributed by atoms with Crippen molar-refractivity contribution in [2.24, 2.45) is 0 Å². The minimum atomic E-state index is -0.199. The number of pyridine rings is 1. The molecule has 1 fully saturated rings. The lowest BCUT2D eigenvalue weighted by molar-refractivity contribution is -0.134. The molecule has 6 bridgehead atoms. The van der Waals surface area contributed by atoms with Crippen molar-refractivity contribution in [3.63, 3.8) is 0 Å². The Bertz CT molecular complexity index is 1600. The lowest BCUT2D eigenvalue weighted by atomic mass is 10.0. The molecule has 0 atom stereocenters. The molecule has 2 aliphatic heterocycles. The van der Waals surface area contributed by atoms with E-state index in [0.717, 1.165) is 22.5 Å². The number of aryl methyl sites for hydroxylation is 3. The summed E-state index contributed by atoms with van der Waals surface area (Å²) in [4.78, 5) is 42.1. The molecular weight excluding hydrogens is 548 g/mol. The Morgan fingerprint density at radius 3 is 2.63 bits per heavy atom. The molecule has 0 radical (unpaired) electrons. The average molecular weight is 575 g/mol. The maximum Gasteiger partial charge on any atom is 0.276 e. The predicted molar refractivity (Wildman–Crippen MR) is 151 cm³/mol. The van der Waals surface area contributed by atoms with Gasteiger partial charge in [0.1, 0.15) is 16.5 Å². The van der Waals surface area contributed by atoms with Gasteiger partial charge in [0.25, 0.3) is 11.8 Å². The molecule has 0 unspecified atom stereocenters. The lowest BCUT2D eigenvalue weighted by Crippen LogP contribution is -2.51. The number of piperazine rings is 1. The van der Waals surface area contributed by atoms with Crippen LogP contribution in [0.4, 0.5) is 23.1 Å². The van der Waals surface area contributed by atoms with Crippen molar-refractivity contribution >= 4 is 46.6 Å². The van der Waals surface area contributed by atoms with Gasteiger partial charge in [-0.3, -0.25) is 14.6 Å². The standard InChI is InChI=1S/C28H27ClN8O4/c1-17-10-23(35-41-17)27(39)37-8-6-36(7-9-37)25(38)16-40-24-5-4-20-12-19(24)3-2-18-11-21(14-30-13-18)33-28-31-15-22(29)26(32-20)34-28/h4-5,10-15H,2-3,6-9,16H2,1H3,(H2,31,32,33,34). The van der Waals surface area contributed by atoms with Crippen LogP contribution in [0.2, 0.25) is 5.02 Å². The van der Waals surface area contributed by atoms with Gasteiger partial charge in [0.05, 0.1) is 18.1 Å². The zero-order valence-corrected chi connectivity index (χ0v) is 23.0. The molecule has 1 saturated heterocycles. The first kappa shape index (κ1) is 26.5. The highest BCUT2D eigenvalue weighted by molar-refractivity contribution is 6.32. The number of rotatable bonds is 4. The lowest BCUT2D eigenvalue weighted by Gasteiger charge is -2.34. The molecule has 0 spiro atoms. The van der Waals surface area contributed by atoms with Crippen LogP contribution in [0.25, 0.3) is 0 Å². The zero-order valence-electron chi connectivity index (χ0n) is 22.3. The fourth-order valence-electron chi connectivity index (χ4n) is 4.76. The van der Waals surface area contributed by atoms with Crippen LogP contribution >= 0.6 is 11.6 Å². The summed E-state index contributed by atoms with van der Waals surface area (Å²) >= 11 is 6.36. The molecule has 0 aliphatic carbocycles. The average Bonchev–Trinajstić information content (AvgIpc) is 3.43. The van der Waals surface area contributed by atoms with Crippen LogP contribution in [0.1, 0.15) is 27.4 Å². The Kier molecular flexibility index (Phi) is 7.38. The molecule has 2 amide bonds. The van der Waals surface area contributed by atoms with E-state index in [1.54, 1.807) is 29.0 Å². The summed E-state index contributed by atoms with van der Waals surface area (Å²) in [6.07, 6.45) is 6.42. The third kappa shape index (κ3) is 6.07. The molecule has 3 aromatic heterocycles. The molecule has 5 heterocycles. The summed E-state index contributed by atoms with van der Waals surface area (Å²) in [5.74, 6) is 1.71. The number of hydrogen-bond donors (Lipinski definition) is 2. The summed E-state index contributed by atoms with van der Waals surface area (Å²) in [6, 6.07) is 9.27. The summed E-state index contributed by atoms with van der Waals surface area (Å²) in [5, 5.41) is 10.6. The largest absolute Gasteiger partial charge is 0.483 e. The second-order valence-electron chi connectivity index (χ2n) is 9.83. The fourth-order valence-corrected chi connectivity index (χ4v) is 4.90. The summed E-state index contributed by atoms with van der Waals surface area (Å²) in [7, 11) is 0. The van der Waals surface area contributed by atoms with Gasteiger partial charge in [0.15, 0.2) is 18.1 Å². The third-order valence-electron chi connectivity index (χ3n) is 6.92. The van der Waals surface area contributed by atoms with Crippen LogP contribution in [-0.4, -0.2) is 74.5 Å². The number of ether oxygens (including phenoxy) is 1. The molecule has 41 heavy (non-hydrogen) atoms. The van der Waals surface area contributed by atoms with Crippen LogP contribution in [0, 0.1) is 6.92 Å². The van der Waals surface area contributed by atoms with Crippen molar-refractivity contribution in [1.82, 2.24) is 29.9 Å². The molecule has 210 valence electrons. The minimum Gasteiger partial charge on any atom is -0.483 e. The number of benzene rings is 1. The predicted octanol–water partition coefficient (Wildman–Crippen LogP) is 3.77. The first-order valence-corrected chi connectivity index (χ1v) is 13.6. The van der Waals surface area contributed by atoms with Crippen LogP contribution in [0.5, 0.6) is 5.75 Å². The number of anilines is 4. The first-order chi connectivity index (χ1) is 19.9. The van der Waals surface area contributed by atoms with Gasteiger partial charge in [0.2, 0.25) is 5.95 Å². The topological polar surface area (TPSA) is 139 Å². The van der Waals surface area contributed by atoms with Crippen LogP contribution < -0.4 is 15.4 Å². The van der Waals surface area contributed by atoms with Crippen LogP contribution in [0.3, 0.4) is 0 Å². The molecule has 4 aromatic rings. The number of halogens is 1. The number of hydrogen-bond acceptors (Lipinski definition) is 10. The molecular formula is C28H27ClN8O4. The monoisotopic (exact) mass is 574 g/mol. The number of carbonyl (C=O) groups is 2. The Balaban J connectivity index is 1.14. The van der Waals surface area contributed by atoms with E-state index in [1.807, 2.05) is 30.5 Å². The maximum atomic E-state index is 13.0. The molecule has 12 nitrogen and oxygen atoms in total. The van der Waals surface area contributed by atoms with E-state index < -0.39 is 0 Å². The summed E-state index contributed by atoms with van der Waals surface area (Å²) in [5.41, 5.74) is 3.76. The quantitative estimate of drug-likeness (QED) is 0.370. The van der Waals surface area contributed by atoms with Crippen molar-refractivity contribution in [3.8, 4) is 5.75 Å². The highest BCUT2D eigenvalue weighted by Crippen LogP contribution is 2.30. The van der Waals surface area contributed by atoms with E-state index in [9.17, 15) is 9.59 Å². The summed E-state index contributed by atoms with van der Waals surface area (Å²) in [6.45, 7) is 3.29. The number of amides is 2. The Morgan fingerprint density at radius 2 is 1.83 bits per heavy atom. The van der Waals surface area contributed by atoms with Crippen LogP contribution in [0.15, 0.2) is 53.4 Å². The van der Waals surface area contributed by atoms with Crippen molar-refractivity contribution < 1.29 is 18.8 Å². The number of nitrogens with one attached hydrogen (secondary N) is 2. The number of carbonyl (C=O) groups excluding carboxylic acids is 2. The molecule has 13 heteroatoms. The van der Waals surface area contributed by atoms with E-state index in [2.05, 4.69) is 30.7 Å². The van der Waals surface area contributed by atoms with E-state index >= 15 is 0 Å². The van der Waals surface area contributed by atoms with Gasteiger partial charge < -0.3 is 29.7 Å². The van der Waals surface area contributed by atoms with Gasteiger partial charge in [-0.2, -0.15) is 4.98 Å². The second-order valence-corrected chi connectivity index (χ2v) is 10.2. The van der Waals surface area contributed by atoms with E-state index in [0.29, 0.717) is 67.3 Å². The van der Waals surface area contributed by atoms with Gasteiger partial charge in [0, 0.05) is 44.1 Å². The first-order valence-electron chi connectivity index (χ1n) is 13.2. The van der Waals surface area contributed by atoms with Gasteiger partial charge in [-0.15, -0.1) is 0 Å². The zero-order chi connectivity index (χ0) is 28.3. The Morgan fingerprint density at radius 1 is 1.00 bits per heavy atom. The van der Waals surface area contributed by atoms with E-state index in [1.165, 1.54) is 6.20 Å². The van der Waals surface area contributed by atoms with Gasteiger partial charge in [-0.1, -0.05) is 16.8 Å². The number of fused-ring (bicyclic) bond motifs is 6. The van der Waals surface area contributed by atoms with Crippen LogP contribution in [-0.2, 0) is 17.6 Å². The normalized spacial score (nSPS) is 14.6. The smallest absolute Gasteiger partial charge is 0.276 e. The molecule has 1 aromatic carbocycles. The minimum absolute atomic E-state index is 0.113. The van der Waals surface area contributed by atoms with E-state index in [-0.39, 0.29) is 24.1 Å². The highest BCUT2D eigenvalue weighted by Gasteiger charge is 2.27. The van der Waals surface area contributed by atoms with Crippen molar-refractivity contribution in [3.05, 3.63) is 76.5 Å². The fraction of sp³-hybridized carbons (Fsp3) is 0.286. The molecule has 6 rings (SSSR count). The number of aromatic nitrogens is 4. The Hall–Kier alpha value is -4.71. The number of nitrogens with zero attached hydrogens (tertiary/aromatic N) is 6. The second kappa shape index (κ2) is 11.4. The SMILES string of the molecule is Cc1cc(C(=O)N2CCN(C(=O)COc3ccc4cc3CCc3cncc(c3)Nc3ncc(Cl)c(n3)N4)CC2)no1. The Labute approximate surface area is 240 Å². The van der Waals surface area contributed by atoms with Crippen molar-refractivity contribution in [1.29, 1.82) is 0 Å². The molecule has 2 aliphatic rings. The van der Waals surface area contributed by atoms with Crippen molar-refractivity contribution in [2.45, 2.75) is 19.8 Å². The van der Waals surface area contributed by atoms with Crippen molar-refractivity contribution in [2.75, 3.05) is 43.4 Å². The van der Waals surface area contributed by atoms with Gasteiger partial charge >= 0.3 is 0 Å². The molecule has 2 N–H and O–H groups in total. The molecule has 0 saturated carbocycles. The third-order valence-corrected chi connectivity index (χ3v) is 7.20. The summed E-state index contributed by atoms with van der Waals surface area (Å²) < 4.78 is 11.1.